The molecule has 0 unspecified atom stereocenters. The molecule has 0 saturated carbocycles. The highest BCUT2D eigenvalue weighted by Crippen LogP contribution is 2.21. The van der Waals surface area contributed by atoms with Gasteiger partial charge < -0.3 is 4.57 Å². The Morgan fingerprint density at radius 3 is 2.50 bits per heavy atom. The molecule has 4 heteroatoms. The number of aryl methyl sites for hydroxylation is 5. The molecule has 4 rings (SSSR count). The zero-order valence-electron chi connectivity index (χ0n) is 15.4. The van der Waals surface area contributed by atoms with Crippen molar-refractivity contribution in [2.24, 2.45) is 7.05 Å². The van der Waals surface area contributed by atoms with Gasteiger partial charge in [-0.15, -0.1) is 0 Å². The Kier molecular flexibility index (Phi) is 4.25. The van der Waals surface area contributed by atoms with Crippen LogP contribution in [0.15, 0.2) is 54.7 Å². The second kappa shape index (κ2) is 6.71. The van der Waals surface area contributed by atoms with E-state index in [1.165, 1.54) is 5.56 Å². The second-order valence-corrected chi connectivity index (χ2v) is 6.76. The molecule has 0 aliphatic carbocycles. The van der Waals surface area contributed by atoms with E-state index in [1.54, 1.807) is 0 Å². The molecule has 130 valence electrons. The van der Waals surface area contributed by atoms with E-state index in [1.807, 2.05) is 25.1 Å². The lowest BCUT2D eigenvalue weighted by molar-refractivity contribution is 0.761. The van der Waals surface area contributed by atoms with Crippen molar-refractivity contribution >= 4 is 10.9 Å². The van der Waals surface area contributed by atoms with Gasteiger partial charge in [-0.05, 0) is 31.9 Å². The summed E-state index contributed by atoms with van der Waals surface area (Å²) in [5.74, 6) is 1.89. The van der Waals surface area contributed by atoms with Crippen LogP contribution >= 0.6 is 0 Å². The summed E-state index contributed by atoms with van der Waals surface area (Å²) in [6.45, 7) is 4.05. The molecule has 4 aromatic rings. The minimum absolute atomic E-state index is 0.822. The van der Waals surface area contributed by atoms with Gasteiger partial charge in [0.25, 0.3) is 0 Å². The first kappa shape index (κ1) is 16.5. The fourth-order valence-corrected chi connectivity index (χ4v) is 3.34. The van der Waals surface area contributed by atoms with Crippen molar-refractivity contribution in [1.82, 2.24) is 19.5 Å². The van der Waals surface area contributed by atoms with Gasteiger partial charge in [0.2, 0.25) is 0 Å². The van der Waals surface area contributed by atoms with Crippen molar-refractivity contribution in [2.75, 3.05) is 0 Å². The van der Waals surface area contributed by atoms with E-state index in [0.29, 0.717) is 0 Å². The predicted molar refractivity (Wildman–Crippen MR) is 105 cm³/mol. The van der Waals surface area contributed by atoms with Gasteiger partial charge in [-0.3, -0.25) is 0 Å². The van der Waals surface area contributed by atoms with Crippen LogP contribution in [-0.2, 0) is 19.9 Å². The first-order chi connectivity index (χ1) is 12.6. The van der Waals surface area contributed by atoms with E-state index in [0.717, 1.165) is 52.3 Å². The van der Waals surface area contributed by atoms with E-state index < -0.39 is 0 Å². The predicted octanol–water partition coefficient (Wildman–Crippen LogP) is 4.43. The quantitative estimate of drug-likeness (QED) is 0.551. The van der Waals surface area contributed by atoms with Crippen LogP contribution in [0.1, 0.15) is 22.9 Å². The van der Waals surface area contributed by atoms with Gasteiger partial charge in [0.1, 0.15) is 11.6 Å². The third kappa shape index (κ3) is 3.23. The van der Waals surface area contributed by atoms with E-state index in [2.05, 4.69) is 60.1 Å². The summed E-state index contributed by atoms with van der Waals surface area (Å²) in [5.41, 5.74) is 5.50. The number of rotatable bonds is 4. The Labute approximate surface area is 153 Å². The number of fused-ring (bicyclic) bond motifs is 1. The number of nitrogens with zero attached hydrogens (tertiary/aromatic N) is 4. The van der Waals surface area contributed by atoms with Gasteiger partial charge in [0.05, 0.1) is 16.9 Å². The van der Waals surface area contributed by atoms with Crippen molar-refractivity contribution in [2.45, 2.75) is 26.7 Å². The van der Waals surface area contributed by atoms with E-state index in [4.69, 9.17) is 9.97 Å². The van der Waals surface area contributed by atoms with E-state index in [-0.39, 0.29) is 0 Å². The summed E-state index contributed by atoms with van der Waals surface area (Å²) in [7, 11) is 2.06. The topological polar surface area (TPSA) is 43.6 Å². The van der Waals surface area contributed by atoms with Gasteiger partial charge in [-0.25, -0.2) is 15.0 Å². The molecule has 2 aromatic carbocycles. The Morgan fingerprint density at radius 1 is 0.885 bits per heavy atom. The van der Waals surface area contributed by atoms with Crippen LogP contribution in [0.25, 0.3) is 22.2 Å². The number of imidazole rings is 1. The average Bonchev–Trinajstić information content (AvgIpc) is 3.00. The van der Waals surface area contributed by atoms with Crippen molar-refractivity contribution in [1.29, 1.82) is 0 Å². The smallest absolute Gasteiger partial charge is 0.126 e. The maximum atomic E-state index is 4.83. The molecule has 26 heavy (non-hydrogen) atoms. The fraction of sp³-hybridized carbons (Fsp3) is 0.227. The number of benzene rings is 2. The van der Waals surface area contributed by atoms with Gasteiger partial charge in [0, 0.05) is 30.6 Å². The summed E-state index contributed by atoms with van der Waals surface area (Å²) in [6.07, 6.45) is 3.79. The van der Waals surface area contributed by atoms with Gasteiger partial charge in [-0.1, -0.05) is 42.5 Å². The molecule has 2 aromatic heterocycles. The van der Waals surface area contributed by atoms with Gasteiger partial charge >= 0.3 is 0 Å². The maximum absolute atomic E-state index is 4.83. The minimum Gasteiger partial charge on any atom is -0.337 e. The Bertz CT molecular complexity index is 1060. The SMILES string of the molecule is Cc1ccc2c(CCc3nc(-c4ccccc4)cn3C)nc(C)nc2c1. The molecule has 4 nitrogen and oxygen atoms in total. The zero-order valence-corrected chi connectivity index (χ0v) is 15.4. The molecule has 0 bridgehead atoms. The first-order valence-corrected chi connectivity index (χ1v) is 8.92. The highest BCUT2D eigenvalue weighted by atomic mass is 15.0. The highest BCUT2D eigenvalue weighted by molar-refractivity contribution is 5.81. The molecule has 0 spiro atoms. The molecule has 0 fully saturated rings. The largest absolute Gasteiger partial charge is 0.337 e. The summed E-state index contributed by atoms with van der Waals surface area (Å²) < 4.78 is 2.11. The lowest BCUT2D eigenvalue weighted by Gasteiger charge is -2.08. The molecule has 0 N–H and O–H groups in total. The number of hydrogen-bond donors (Lipinski definition) is 0. The monoisotopic (exact) mass is 342 g/mol. The van der Waals surface area contributed by atoms with Crippen LogP contribution in [0, 0.1) is 13.8 Å². The van der Waals surface area contributed by atoms with Crippen LogP contribution < -0.4 is 0 Å². The van der Waals surface area contributed by atoms with Crippen LogP contribution in [0.5, 0.6) is 0 Å². The number of aromatic nitrogens is 4. The maximum Gasteiger partial charge on any atom is 0.126 e. The van der Waals surface area contributed by atoms with Crippen LogP contribution in [-0.4, -0.2) is 19.5 Å². The summed E-state index contributed by atoms with van der Waals surface area (Å²) in [6, 6.07) is 16.7. The van der Waals surface area contributed by atoms with Crippen molar-refractivity contribution in [3.05, 3.63) is 77.6 Å². The fourth-order valence-electron chi connectivity index (χ4n) is 3.34. The number of hydrogen-bond acceptors (Lipinski definition) is 3. The summed E-state index contributed by atoms with van der Waals surface area (Å²) in [5, 5.41) is 1.14. The third-order valence-corrected chi connectivity index (χ3v) is 4.67. The molecular weight excluding hydrogens is 320 g/mol. The Balaban J connectivity index is 1.62. The molecule has 0 aliphatic heterocycles. The molecule has 0 radical (unpaired) electrons. The third-order valence-electron chi connectivity index (χ3n) is 4.67. The molecule has 2 heterocycles. The molecule has 0 saturated heterocycles. The van der Waals surface area contributed by atoms with Gasteiger partial charge in [-0.2, -0.15) is 0 Å². The van der Waals surface area contributed by atoms with E-state index in [9.17, 15) is 0 Å². The molecule has 0 aliphatic rings. The Morgan fingerprint density at radius 2 is 1.69 bits per heavy atom. The Hall–Kier alpha value is -3.01. The first-order valence-electron chi connectivity index (χ1n) is 8.92. The molecule has 0 amide bonds. The normalized spacial score (nSPS) is 11.2. The summed E-state index contributed by atoms with van der Waals surface area (Å²) in [4.78, 5) is 14.1. The minimum atomic E-state index is 0.822. The van der Waals surface area contributed by atoms with Gasteiger partial charge in [0.15, 0.2) is 0 Å². The van der Waals surface area contributed by atoms with Crippen molar-refractivity contribution in [3.63, 3.8) is 0 Å². The molecular formula is C22H22N4. The van der Waals surface area contributed by atoms with Crippen LogP contribution in [0.4, 0.5) is 0 Å². The van der Waals surface area contributed by atoms with Crippen LogP contribution in [0.2, 0.25) is 0 Å². The average molecular weight is 342 g/mol. The second-order valence-electron chi connectivity index (χ2n) is 6.76. The summed E-state index contributed by atoms with van der Waals surface area (Å²) >= 11 is 0. The molecule has 0 atom stereocenters. The van der Waals surface area contributed by atoms with E-state index >= 15 is 0 Å². The lowest BCUT2D eigenvalue weighted by atomic mass is 10.1. The van der Waals surface area contributed by atoms with Crippen molar-refractivity contribution < 1.29 is 0 Å². The van der Waals surface area contributed by atoms with Crippen LogP contribution in [0.3, 0.4) is 0 Å². The standard InChI is InChI=1S/C22H22N4/c1-15-9-10-18-19(23-16(2)24-20(18)13-15)11-12-22-25-21(14-26(22)3)17-7-5-4-6-8-17/h4-10,13-14H,11-12H2,1-3H3. The van der Waals surface area contributed by atoms with Crippen molar-refractivity contribution in [3.8, 4) is 11.3 Å². The zero-order chi connectivity index (χ0) is 18.1. The lowest BCUT2D eigenvalue weighted by Crippen LogP contribution is -2.04. The highest BCUT2D eigenvalue weighted by Gasteiger charge is 2.10.